The monoisotopic (exact) mass is 453 g/mol. The van der Waals surface area contributed by atoms with Gasteiger partial charge in [0.05, 0.1) is 16.8 Å². The molecule has 162 valence electrons. The summed E-state index contributed by atoms with van der Waals surface area (Å²) in [5.41, 5.74) is 1.92. The Kier molecular flexibility index (Phi) is 6.14. The second-order valence-corrected chi connectivity index (χ2v) is 8.12. The molecule has 1 N–H and O–H groups in total. The van der Waals surface area contributed by atoms with Crippen molar-refractivity contribution in [1.82, 2.24) is 9.97 Å². The highest BCUT2D eigenvalue weighted by Gasteiger charge is 2.30. The van der Waals surface area contributed by atoms with Crippen molar-refractivity contribution in [2.24, 2.45) is 0 Å². The zero-order chi connectivity index (χ0) is 22.7. The van der Waals surface area contributed by atoms with E-state index in [-0.39, 0.29) is 11.4 Å². The fraction of sp³-hybridized carbons (Fsp3) is 0.125. The highest BCUT2D eigenvalue weighted by molar-refractivity contribution is 8.00. The van der Waals surface area contributed by atoms with Gasteiger partial charge < -0.3 is 5.32 Å². The third-order valence-corrected chi connectivity index (χ3v) is 5.65. The summed E-state index contributed by atoms with van der Waals surface area (Å²) in [6.45, 7) is 1.96. The summed E-state index contributed by atoms with van der Waals surface area (Å²) in [6.07, 6.45) is -4.47. The van der Waals surface area contributed by atoms with Crippen molar-refractivity contribution < 1.29 is 18.0 Å². The van der Waals surface area contributed by atoms with Crippen LogP contribution in [0.5, 0.6) is 0 Å². The van der Waals surface area contributed by atoms with Gasteiger partial charge in [0.25, 0.3) is 0 Å². The molecule has 0 unspecified atom stereocenters. The molecule has 0 aliphatic heterocycles. The largest absolute Gasteiger partial charge is 0.416 e. The van der Waals surface area contributed by atoms with Crippen LogP contribution < -0.4 is 5.32 Å². The second kappa shape index (κ2) is 9.00. The Morgan fingerprint density at radius 1 is 0.969 bits per heavy atom. The number of aryl methyl sites for hydroxylation is 1. The normalized spacial score (nSPS) is 11.5. The summed E-state index contributed by atoms with van der Waals surface area (Å²) in [6, 6.07) is 19.9. The lowest BCUT2D eigenvalue weighted by Crippen LogP contribution is -2.15. The topological polar surface area (TPSA) is 54.9 Å². The molecule has 3 aromatic carbocycles. The smallest absolute Gasteiger partial charge is 0.325 e. The minimum atomic E-state index is -4.47. The van der Waals surface area contributed by atoms with Crippen molar-refractivity contribution in [3.05, 3.63) is 83.9 Å². The molecule has 1 amide bonds. The van der Waals surface area contributed by atoms with Crippen molar-refractivity contribution in [2.45, 2.75) is 18.1 Å². The van der Waals surface area contributed by atoms with Gasteiger partial charge in [-0.2, -0.15) is 13.2 Å². The summed E-state index contributed by atoms with van der Waals surface area (Å²) in [5.74, 6) is 0.114. The van der Waals surface area contributed by atoms with Gasteiger partial charge in [-0.3, -0.25) is 4.79 Å². The van der Waals surface area contributed by atoms with Crippen molar-refractivity contribution in [2.75, 3.05) is 11.1 Å². The van der Waals surface area contributed by atoms with Crippen molar-refractivity contribution in [3.8, 4) is 11.4 Å². The van der Waals surface area contributed by atoms with Crippen LogP contribution in [0.2, 0.25) is 0 Å². The van der Waals surface area contributed by atoms with Gasteiger partial charge in [0.1, 0.15) is 5.03 Å². The number of amides is 1. The number of thioether (sulfide) groups is 1. The van der Waals surface area contributed by atoms with Gasteiger partial charge in [-0.05, 0) is 37.3 Å². The Labute approximate surface area is 186 Å². The number of hydrogen-bond donors (Lipinski definition) is 1. The third kappa shape index (κ3) is 5.08. The fourth-order valence-corrected chi connectivity index (χ4v) is 3.95. The molecule has 0 bridgehead atoms. The van der Waals surface area contributed by atoms with Gasteiger partial charge in [0.2, 0.25) is 5.91 Å². The van der Waals surface area contributed by atoms with E-state index in [2.05, 4.69) is 15.3 Å². The molecule has 4 rings (SSSR count). The SMILES string of the molecule is Cc1ccc2nc(-c3ccccc3)nc(SCC(=O)Nc3cccc(C(F)(F)F)c3)c2c1. The number of nitrogens with one attached hydrogen (secondary N) is 1. The first-order valence-electron chi connectivity index (χ1n) is 9.73. The third-order valence-electron chi connectivity index (χ3n) is 4.66. The average molecular weight is 453 g/mol. The van der Waals surface area contributed by atoms with Crippen LogP contribution in [0.15, 0.2) is 77.8 Å². The lowest BCUT2D eigenvalue weighted by Gasteiger charge is -2.11. The first-order valence-corrected chi connectivity index (χ1v) is 10.7. The van der Waals surface area contributed by atoms with Crippen molar-refractivity contribution >= 4 is 34.3 Å². The number of anilines is 1. The highest BCUT2D eigenvalue weighted by atomic mass is 32.2. The van der Waals surface area contributed by atoms with Gasteiger partial charge in [0, 0.05) is 16.6 Å². The van der Waals surface area contributed by atoms with Gasteiger partial charge in [-0.1, -0.05) is 59.8 Å². The standard InChI is InChI=1S/C24H18F3N3OS/c1-15-10-11-20-19(12-15)23(30-22(29-20)16-6-3-2-4-7-16)32-14-21(31)28-18-9-5-8-17(13-18)24(25,26)27/h2-13H,14H2,1H3,(H,28,31). The maximum Gasteiger partial charge on any atom is 0.416 e. The van der Waals surface area contributed by atoms with Crippen LogP contribution in [0.4, 0.5) is 18.9 Å². The number of nitrogens with zero attached hydrogens (tertiary/aromatic N) is 2. The molecule has 32 heavy (non-hydrogen) atoms. The molecule has 0 aliphatic carbocycles. The molecule has 1 heterocycles. The Morgan fingerprint density at radius 3 is 2.50 bits per heavy atom. The summed E-state index contributed by atoms with van der Waals surface area (Å²) in [7, 11) is 0. The Bertz CT molecular complexity index is 1280. The van der Waals surface area contributed by atoms with E-state index in [0.717, 1.165) is 34.2 Å². The molecule has 4 aromatic rings. The Hall–Kier alpha value is -3.39. The van der Waals surface area contributed by atoms with E-state index >= 15 is 0 Å². The lowest BCUT2D eigenvalue weighted by atomic mass is 10.1. The van der Waals surface area contributed by atoms with E-state index in [4.69, 9.17) is 0 Å². The van der Waals surface area contributed by atoms with E-state index in [1.807, 2.05) is 55.5 Å². The second-order valence-electron chi connectivity index (χ2n) is 7.15. The Morgan fingerprint density at radius 2 is 1.75 bits per heavy atom. The van der Waals surface area contributed by atoms with E-state index in [1.165, 1.54) is 23.9 Å². The molecule has 4 nitrogen and oxygen atoms in total. The molecular formula is C24H18F3N3OS. The highest BCUT2D eigenvalue weighted by Crippen LogP contribution is 2.31. The number of carbonyl (C=O) groups is 1. The number of benzene rings is 3. The number of carbonyl (C=O) groups excluding carboxylic acids is 1. The van der Waals surface area contributed by atoms with Gasteiger partial charge >= 0.3 is 6.18 Å². The molecule has 0 saturated heterocycles. The van der Waals surface area contributed by atoms with Gasteiger partial charge in [-0.15, -0.1) is 0 Å². The first kappa shape index (κ1) is 21.8. The lowest BCUT2D eigenvalue weighted by molar-refractivity contribution is -0.137. The fourth-order valence-electron chi connectivity index (χ4n) is 3.14. The van der Waals surface area contributed by atoms with Crippen molar-refractivity contribution in [1.29, 1.82) is 0 Å². The number of fused-ring (bicyclic) bond motifs is 1. The number of rotatable bonds is 5. The van der Waals surface area contributed by atoms with E-state index in [0.29, 0.717) is 10.9 Å². The number of hydrogen-bond acceptors (Lipinski definition) is 4. The minimum Gasteiger partial charge on any atom is -0.325 e. The van der Waals surface area contributed by atoms with Crippen LogP contribution in [-0.4, -0.2) is 21.6 Å². The minimum absolute atomic E-state index is 0.00939. The molecule has 0 saturated carbocycles. The molecule has 0 aliphatic rings. The summed E-state index contributed by atoms with van der Waals surface area (Å²) < 4.78 is 38.7. The molecule has 0 atom stereocenters. The van der Waals surface area contributed by atoms with Crippen LogP contribution in [0, 0.1) is 6.92 Å². The summed E-state index contributed by atoms with van der Waals surface area (Å²) in [4.78, 5) is 21.8. The summed E-state index contributed by atoms with van der Waals surface area (Å²) >= 11 is 1.22. The maximum atomic E-state index is 12.9. The molecule has 0 fully saturated rings. The van der Waals surface area contributed by atoms with Crippen LogP contribution in [0.3, 0.4) is 0 Å². The van der Waals surface area contributed by atoms with Gasteiger partial charge in [-0.25, -0.2) is 9.97 Å². The molecular weight excluding hydrogens is 435 g/mol. The van der Waals surface area contributed by atoms with Crippen LogP contribution in [-0.2, 0) is 11.0 Å². The zero-order valence-corrected chi connectivity index (χ0v) is 17.8. The maximum absolute atomic E-state index is 12.9. The predicted molar refractivity (Wildman–Crippen MR) is 121 cm³/mol. The summed E-state index contributed by atoms with van der Waals surface area (Å²) in [5, 5.41) is 3.98. The van der Waals surface area contributed by atoms with Crippen LogP contribution in [0.25, 0.3) is 22.3 Å². The van der Waals surface area contributed by atoms with Crippen molar-refractivity contribution in [3.63, 3.8) is 0 Å². The van der Waals surface area contributed by atoms with Crippen LogP contribution in [0.1, 0.15) is 11.1 Å². The van der Waals surface area contributed by atoms with E-state index < -0.39 is 17.6 Å². The van der Waals surface area contributed by atoms with E-state index in [9.17, 15) is 18.0 Å². The van der Waals surface area contributed by atoms with E-state index in [1.54, 1.807) is 0 Å². The van der Waals surface area contributed by atoms with Gasteiger partial charge in [0.15, 0.2) is 5.82 Å². The molecule has 0 spiro atoms. The molecule has 1 aromatic heterocycles. The average Bonchev–Trinajstić information content (AvgIpc) is 2.77. The number of alkyl halides is 3. The molecule has 8 heteroatoms. The first-order chi connectivity index (χ1) is 15.3. The Balaban J connectivity index is 1.57. The molecule has 0 radical (unpaired) electrons. The number of halogens is 3. The van der Waals surface area contributed by atoms with Crippen LogP contribution >= 0.6 is 11.8 Å². The number of aromatic nitrogens is 2. The zero-order valence-electron chi connectivity index (χ0n) is 17.0. The quantitative estimate of drug-likeness (QED) is 0.282. The predicted octanol–water partition coefficient (Wildman–Crippen LogP) is 6.35.